The molecule has 0 spiro atoms. The molecule has 0 atom stereocenters. The quantitative estimate of drug-likeness (QED) is 0.595. The molecule has 2 aromatic rings. The first-order valence-corrected chi connectivity index (χ1v) is 10.1. The Morgan fingerprint density at radius 1 is 1.07 bits per heavy atom. The van der Waals surface area contributed by atoms with Gasteiger partial charge in [0.1, 0.15) is 11.5 Å². The number of hydrogen-bond donors (Lipinski definition) is 0. The van der Waals surface area contributed by atoms with Crippen LogP contribution in [-0.4, -0.2) is 29.9 Å². The van der Waals surface area contributed by atoms with Crippen LogP contribution < -0.4 is 4.74 Å². The number of unbranched alkanes of at least 4 members (excludes halogenated alkanes) is 1. The van der Waals surface area contributed by atoms with Gasteiger partial charge in [-0.3, -0.25) is 14.5 Å². The highest BCUT2D eigenvalue weighted by Gasteiger charge is 2.38. The number of amides is 2. The lowest BCUT2D eigenvalue weighted by atomic mass is 10.1. The van der Waals surface area contributed by atoms with E-state index < -0.39 is 0 Å². The summed E-state index contributed by atoms with van der Waals surface area (Å²) in [7, 11) is 0. The molecule has 0 unspecified atom stereocenters. The fraction of sp³-hybridized carbons (Fsp3) is 0.333. The van der Waals surface area contributed by atoms with Crippen LogP contribution in [0.4, 0.5) is 0 Å². The Bertz CT molecular complexity index is 824. The van der Waals surface area contributed by atoms with E-state index in [-0.39, 0.29) is 11.8 Å². The molecule has 0 N–H and O–H groups in total. The number of carbonyl (C=O) groups is 2. The molecule has 0 saturated heterocycles. The summed E-state index contributed by atoms with van der Waals surface area (Å²) in [4.78, 5) is 27.7. The van der Waals surface area contributed by atoms with Crippen molar-refractivity contribution >= 4 is 29.1 Å². The van der Waals surface area contributed by atoms with Gasteiger partial charge >= 0.3 is 0 Å². The Balaban J connectivity index is 1.91. The van der Waals surface area contributed by atoms with E-state index >= 15 is 0 Å². The van der Waals surface area contributed by atoms with Gasteiger partial charge in [-0.15, -0.1) is 11.8 Å². The molecule has 1 aromatic heterocycles. The monoisotopic (exact) mass is 385 g/mol. The number of furan rings is 1. The summed E-state index contributed by atoms with van der Waals surface area (Å²) in [6.07, 6.45) is 3.32. The normalized spacial score (nSPS) is 14.4. The van der Waals surface area contributed by atoms with E-state index in [1.807, 2.05) is 50.2 Å². The van der Waals surface area contributed by atoms with Crippen LogP contribution >= 0.6 is 11.8 Å². The lowest BCUT2D eigenvalue weighted by Gasteiger charge is -2.14. The summed E-state index contributed by atoms with van der Waals surface area (Å²) in [6, 6.07) is 11.0. The molecular weight excluding hydrogens is 362 g/mol. The van der Waals surface area contributed by atoms with Gasteiger partial charge in [0.15, 0.2) is 0 Å². The minimum absolute atomic E-state index is 0.214. The zero-order valence-corrected chi connectivity index (χ0v) is 16.4. The van der Waals surface area contributed by atoms with E-state index in [0.717, 1.165) is 29.9 Å². The summed E-state index contributed by atoms with van der Waals surface area (Å²) >= 11 is 1.35. The molecule has 0 saturated carbocycles. The number of rotatable bonds is 9. The smallest absolute Gasteiger partial charge is 0.267 e. The number of ether oxygens (including phenoxy) is 1. The highest BCUT2D eigenvalue weighted by atomic mass is 32.2. The average Bonchev–Trinajstić information content (AvgIpc) is 3.27. The Kier molecular flexibility index (Phi) is 6.40. The van der Waals surface area contributed by atoms with E-state index in [9.17, 15) is 9.59 Å². The van der Waals surface area contributed by atoms with Crippen LogP contribution in [0.1, 0.15) is 38.0 Å². The Morgan fingerprint density at radius 2 is 1.85 bits per heavy atom. The van der Waals surface area contributed by atoms with Crippen molar-refractivity contribution in [2.24, 2.45) is 0 Å². The summed E-state index contributed by atoms with van der Waals surface area (Å²) in [5, 5.41) is 0. The molecule has 0 aliphatic carbocycles. The third kappa shape index (κ3) is 4.27. The van der Waals surface area contributed by atoms with E-state index in [0.29, 0.717) is 29.4 Å². The zero-order valence-electron chi connectivity index (χ0n) is 15.6. The molecule has 2 heterocycles. The second-order valence-corrected chi connectivity index (χ2v) is 7.13. The van der Waals surface area contributed by atoms with Crippen molar-refractivity contribution in [3.63, 3.8) is 0 Å². The predicted octanol–water partition coefficient (Wildman–Crippen LogP) is 4.49. The van der Waals surface area contributed by atoms with Gasteiger partial charge in [-0.25, -0.2) is 0 Å². The number of imide groups is 1. The minimum Gasteiger partial charge on any atom is -0.494 e. The van der Waals surface area contributed by atoms with Gasteiger partial charge < -0.3 is 9.15 Å². The summed E-state index contributed by atoms with van der Waals surface area (Å²) in [5.74, 6) is 1.58. The maximum atomic E-state index is 13.0. The van der Waals surface area contributed by atoms with Gasteiger partial charge in [-0.1, -0.05) is 25.5 Å². The van der Waals surface area contributed by atoms with E-state index in [1.54, 1.807) is 6.26 Å². The fourth-order valence-electron chi connectivity index (χ4n) is 2.88. The number of hydrogen-bond acceptors (Lipinski definition) is 5. The molecule has 142 valence electrons. The molecule has 5 nitrogen and oxygen atoms in total. The van der Waals surface area contributed by atoms with Crippen molar-refractivity contribution in [3.8, 4) is 5.75 Å². The summed E-state index contributed by atoms with van der Waals surface area (Å²) < 4.78 is 10.8. The maximum Gasteiger partial charge on any atom is 0.267 e. The molecular formula is C21H23NO4S. The van der Waals surface area contributed by atoms with Gasteiger partial charge in [0.05, 0.1) is 29.1 Å². The highest BCUT2D eigenvalue weighted by Crippen LogP contribution is 2.38. The highest BCUT2D eigenvalue weighted by molar-refractivity contribution is 8.03. The van der Waals surface area contributed by atoms with Crippen LogP contribution in [0.15, 0.2) is 52.0 Å². The molecule has 3 rings (SSSR count). The molecule has 0 radical (unpaired) electrons. The SMILES string of the molecule is CCCCN1C(=O)C(SCc2ccco2)=C(c2ccc(OCC)cc2)C1=O. The molecule has 27 heavy (non-hydrogen) atoms. The van der Waals surface area contributed by atoms with E-state index in [2.05, 4.69) is 0 Å². The summed E-state index contributed by atoms with van der Waals surface area (Å²) in [5.41, 5.74) is 1.20. The van der Waals surface area contributed by atoms with Crippen molar-refractivity contribution < 1.29 is 18.7 Å². The van der Waals surface area contributed by atoms with Crippen LogP contribution in [0.25, 0.3) is 5.57 Å². The van der Waals surface area contributed by atoms with Gasteiger partial charge in [0, 0.05) is 6.54 Å². The molecule has 1 aliphatic rings. The Hall–Kier alpha value is -2.47. The average molecular weight is 385 g/mol. The molecule has 0 fully saturated rings. The first kappa shape index (κ1) is 19.3. The lowest BCUT2D eigenvalue weighted by molar-refractivity contribution is -0.136. The maximum absolute atomic E-state index is 13.0. The number of carbonyl (C=O) groups excluding carboxylic acids is 2. The van der Waals surface area contributed by atoms with Crippen molar-refractivity contribution in [2.45, 2.75) is 32.4 Å². The van der Waals surface area contributed by atoms with Gasteiger partial charge in [-0.05, 0) is 43.2 Å². The van der Waals surface area contributed by atoms with Crippen molar-refractivity contribution in [1.82, 2.24) is 4.90 Å². The lowest BCUT2D eigenvalue weighted by Crippen LogP contribution is -2.32. The molecule has 0 bridgehead atoms. The van der Waals surface area contributed by atoms with Gasteiger partial charge in [0.25, 0.3) is 11.8 Å². The second-order valence-electron chi connectivity index (χ2n) is 6.15. The third-order valence-electron chi connectivity index (χ3n) is 4.25. The topological polar surface area (TPSA) is 59.8 Å². The third-order valence-corrected chi connectivity index (χ3v) is 5.35. The standard InChI is InChI=1S/C21H23NO4S/c1-3-5-12-22-20(23)18(15-8-10-16(11-9-15)25-4-2)19(21(22)24)27-14-17-7-6-13-26-17/h6-11,13H,3-5,12,14H2,1-2H3. The minimum atomic E-state index is -0.223. The van der Waals surface area contributed by atoms with Crippen LogP contribution in [0.3, 0.4) is 0 Å². The van der Waals surface area contributed by atoms with Crippen LogP contribution in [0, 0.1) is 0 Å². The Labute approximate surface area is 163 Å². The number of nitrogens with zero attached hydrogens (tertiary/aromatic N) is 1. The predicted molar refractivity (Wildman–Crippen MR) is 106 cm³/mol. The molecule has 1 aliphatic heterocycles. The first-order valence-electron chi connectivity index (χ1n) is 9.14. The van der Waals surface area contributed by atoms with Crippen molar-refractivity contribution in [2.75, 3.05) is 13.2 Å². The van der Waals surface area contributed by atoms with E-state index in [1.165, 1.54) is 16.7 Å². The van der Waals surface area contributed by atoms with E-state index in [4.69, 9.17) is 9.15 Å². The largest absolute Gasteiger partial charge is 0.494 e. The fourth-order valence-corrected chi connectivity index (χ4v) is 3.92. The van der Waals surface area contributed by atoms with Crippen LogP contribution in [0.2, 0.25) is 0 Å². The van der Waals surface area contributed by atoms with Crippen LogP contribution in [-0.2, 0) is 15.3 Å². The van der Waals surface area contributed by atoms with Gasteiger partial charge in [0.2, 0.25) is 0 Å². The van der Waals surface area contributed by atoms with Crippen molar-refractivity contribution in [1.29, 1.82) is 0 Å². The zero-order chi connectivity index (χ0) is 19.2. The number of benzene rings is 1. The van der Waals surface area contributed by atoms with Crippen LogP contribution in [0.5, 0.6) is 5.75 Å². The molecule has 6 heteroatoms. The number of thioether (sulfide) groups is 1. The molecule has 1 aromatic carbocycles. The molecule has 2 amide bonds. The first-order chi connectivity index (χ1) is 13.2. The Morgan fingerprint density at radius 3 is 2.48 bits per heavy atom. The van der Waals surface area contributed by atoms with Gasteiger partial charge in [-0.2, -0.15) is 0 Å². The summed E-state index contributed by atoms with van der Waals surface area (Å²) in [6.45, 7) is 4.98. The van der Waals surface area contributed by atoms with Crippen molar-refractivity contribution in [3.05, 3.63) is 58.9 Å². The second kappa shape index (κ2) is 8.95.